The first-order valence-corrected chi connectivity index (χ1v) is 13.0. The number of hydrogen-bond donors (Lipinski definition) is 3. The lowest BCUT2D eigenvalue weighted by atomic mass is 10.1. The summed E-state index contributed by atoms with van der Waals surface area (Å²) in [5.74, 6) is 0.969. The predicted molar refractivity (Wildman–Crippen MR) is 149 cm³/mol. The van der Waals surface area contributed by atoms with Crippen LogP contribution in [-0.2, 0) is 11.4 Å². The van der Waals surface area contributed by atoms with Crippen LogP contribution in [0.1, 0.15) is 18.4 Å². The molecule has 2 unspecified atom stereocenters. The zero-order valence-corrected chi connectivity index (χ0v) is 23.1. The van der Waals surface area contributed by atoms with E-state index in [0.29, 0.717) is 39.5 Å². The SMILES string of the molecule is CNC(=O)CC(O)CC(O)COc1cc2c(Oc3ccc(OCc4cccc(F)c4)c(Cl)c3)ncnc2cc1OC. The van der Waals surface area contributed by atoms with E-state index in [-0.39, 0.29) is 48.7 Å². The van der Waals surface area contributed by atoms with Crippen molar-refractivity contribution >= 4 is 28.4 Å². The van der Waals surface area contributed by atoms with Crippen LogP contribution in [0.2, 0.25) is 5.02 Å². The monoisotopic (exact) mass is 585 g/mol. The third kappa shape index (κ3) is 8.16. The van der Waals surface area contributed by atoms with Crippen molar-refractivity contribution in [3.63, 3.8) is 0 Å². The number of carbonyl (C=O) groups is 1. The van der Waals surface area contributed by atoms with Gasteiger partial charge in [-0.05, 0) is 35.9 Å². The number of halogens is 2. The molecule has 0 fully saturated rings. The van der Waals surface area contributed by atoms with Crippen molar-refractivity contribution in [1.29, 1.82) is 0 Å². The number of rotatable bonds is 13. The molecule has 0 radical (unpaired) electrons. The minimum absolute atomic E-state index is 0.0521. The van der Waals surface area contributed by atoms with Gasteiger partial charge in [0.05, 0.1) is 41.7 Å². The van der Waals surface area contributed by atoms with Gasteiger partial charge >= 0.3 is 0 Å². The maximum atomic E-state index is 13.4. The maximum absolute atomic E-state index is 13.4. The molecule has 10 nitrogen and oxygen atoms in total. The number of amides is 1. The molecule has 3 aromatic carbocycles. The first kappa shape index (κ1) is 29.8. The second-order valence-corrected chi connectivity index (χ2v) is 9.45. The highest BCUT2D eigenvalue weighted by Crippen LogP contribution is 2.37. The fourth-order valence-electron chi connectivity index (χ4n) is 3.92. The molecule has 12 heteroatoms. The number of aromatic nitrogens is 2. The molecule has 1 heterocycles. The fraction of sp³-hybridized carbons (Fsp3) is 0.276. The highest BCUT2D eigenvalue weighted by Gasteiger charge is 2.18. The van der Waals surface area contributed by atoms with Gasteiger partial charge < -0.3 is 34.5 Å². The number of benzene rings is 3. The fourth-order valence-corrected chi connectivity index (χ4v) is 4.15. The van der Waals surface area contributed by atoms with Gasteiger partial charge in [-0.2, -0.15) is 0 Å². The molecule has 1 aromatic heterocycles. The molecule has 216 valence electrons. The van der Waals surface area contributed by atoms with Crippen LogP contribution in [0.15, 0.2) is 60.9 Å². The molecule has 0 bridgehead atoms. The number of nitrogens with zero attached hydrogens (tertiary/aromatic N) is 2. The summed E-state index contributed by atoms with van der Waals surface area (Å²) in [6.45, 7) is -0.0240. The Kier molecular flexibility index (Phi) is 10.1. The van der Waals surface area contributed by atoms with Crippen molar-refractivity contribution in [2.24, 2.45) is 0 Å². The number of hydrogen-bond acceptors (Lipinski definition) is 9. The minimum Gasteiger partial charge on any atom is -0.493 e. The molecule has 2 atom stereocenters. The highest BCUT2D eigenvalue weighted by molar-refractivity contribution is 6.32. The Morgan fingerprint density at radius 1 is 1.02 bits per heavy atom. The van der Waals surface area contributed by atoms with Gasteiger partial charge in [0.2, 0.25) is 11.8 Å². The van der Waals surface area contributed by atoms with Crippen LogP contribution in [0.25, 0.3) is 10.9 Å². The van der Waals surface area contributed by atoms with Crippen LogP contribution >= 0.6 is 11.6 Å². The second kappa shape index (κ2) is 13.9. The molecule has 4 aromatic rings. The molecular weight excluding hydrogens is 557 g/mol. The van der Waals surface area contributed by atoms with Crippen LogP contribution in [0, 0.1) is 5.82 Å². The zero-order valence-electron chi connectivity index (χ0n) is 22.3. The smallest absolute Gasteiger partial charge is 0.230 e. The summed E-state index contributed by atoms with van der Waals surface area (Å²) in [6, 6.07) is 14.2. The Morgan fingerprint density at radius 3 is 2.59 bits per heavy atom. The van der Waals surface area contributed by atoms with Crippen molar-refractivity contribution < 1.29 is 38.3 Å². The van der Waals surface area contributed by atoms with Crippen LogP contribution in [-0.4, -0.2) is 59.1 Å². The average Bonchev–Trinajstić information content (AvgIpc) is 2.95. The molecule has 41 heavy (non-hydrogen) atoms. The van der Waals surface area contributed by atoms with Crippen molar-refractivity contribution in [1.82, 2.24) is 15.3 Å². The Hall–Kier alpha value is -4.19. The summed E-state index contributed by atoms with van der Waals surface area (Å²) in [7, 11) is 2.94. The third-order valence-electron chi connectivity index (χ3n) is 5.96. The molecule has 0 aliphatic rings. The standard InChI is InChI=1S/C29H29ClFN3O7/c1-32-28(37)10-19(35)9-20(36)15-40-27-12-22-24(13-26(27)38-2)33-16-34-29(22)41-21-6-7-25(23(30)11-21)39-14-17-4-3-5-18(31)8-17/h3-8,11-13,16,19-20,35-36H,9-10,14-15H2,1-2H3,(H,32,37). The van der Waals surface area contributed by atoms with E-state index in [1.165, 1.54) is 32.6 Å². The summed E-state index contributed by atoms with van der Waals surface area (Å²) < 4.78 is 36.4. The molecule has 1 amide bonds. The zero-order chi connectivity index (χ0) is 29.4. The maximum Gasteiger partial charge on any atom is 0.230 e. The van der Waals surface area contributed by atoms with E-state index in [2.05, 4.69) is 15.3 Å². The Bertz CT molecular complexity index is 1510. The van der Waals surface area contributed by atoms with Gasteiger partial charge in [-0.3, -0.25) is 4.79 Å². The van der Waals surface area contributed by atoms with Crippen LogP contribution in [0.4, 0.5) is 4.39 Å². The van der Waals surface area contributed by atoms with Crippen LogP contribution < -0.4 is 24.3 Å². The first-order valence-electron chi connectivity index (χ1n) is 12.6. The van der Waals surface area contributed by atoms with Crippen molar-refractivity contribution in [3.8, 4) is 28.9 Å². The van der Waals surface area contributed by atoms with E-state index in [4.69, 9.17) is 30.5 Å². The number of carbonyl (C=O) groups excluding carboxylic acids is 1. The molecule has 0 saturated heterocycles. The van der Waals surface area contributed by atoms with Crippen molar-refractivity contribution in [3.05, 3.63) is 77.3 Å². The lowest BCUT2D eigenvalue weighted by Crippen LogP contribution is -2.29. The number of fused-ring (bicyclic) bond motifs is 1. The molecule has 3 N–H and O–H groups in total. The third-order valence-corrected chi connectivity index (χ3v) is 6.26. The predicted octanol–water partition coefficient (Wildman–Crippen LogP) is 4.43. The lowest BCUT2D eigenvalue weighted by molar-refractivity contribution is -0.122. The van der Waals surface area contributed by atoms with E-state index in [1.807, 2.05) is 0 Å². The number of aliphatic hydroxyl groups excluding tert-OH is 2. The van der Waals surface area contributed by atoms with Crippen LogP contribution in [0.5, 0.6) is 28.9 Å². The van der Waals surface area contributed by atoms with E-state index in [1.54, 1.807) is 42.5 Å². The van der Waals surface area contributed by atoms with Gasteiger partial charge in [0.15, 0.2) is 11.5 Å². The molecule has 0 aliphatic carbocycles. The number of ether oxygens (including phenoxy) is 4. The summed E-state index contributed by atoms with van der Waals surface area (Å²) >= 11 is 6.41. The van der Waals surface area contributed by atoms with Gasteiger partial charge in [0.1, 0.15) is 36.9 Å². The minimum atomic E-state index is -1.04. The Morgan fingerprint density at radius 2 is 1.85 bits per heavy atom. The quantitative estimate of drug-likeness (QED) is 0.208. The van der Waals surface area contributed by atoms with E-state index in [9.17, 15) is 19.4 Å². The van der Waals surface area contributed by atoms with Crippen molar-refractivity contribution in [2.45, 2.75) is 31.7 Å². The summed E-state index contributed by atoms with van der Waals surface area (Å²) in [4.78, 5) is 20.0. The number of methoxy groups -OCH3 is 1. The Labute approximate surface area is 240 Å². The van der Waals surface area contributed by atoms with Gasteiger partial charge in [-0.25, -0.2) is 14.4 Å². The van der Waals surface area contributed by atoms with E-state index < -0.39 is 12.2 Å². The largest absolute Gasteiger partial charge is 0.493 e. The topological polar surface area (TPSA) is 132 Å². The number of aliphatic hydroxyl groups is 2. The first-order chi connectivity index (χ1) is 19.7. The van der Waals surface area contributed by atoms with Crippen molar-refractivity contribution in [2.75, 3.05) is 20.8 Å². The lowest BCUT2D eigenvalue weighted by Gasteiger charge is -2.18. The molecular formula is C29H29ClFN3O7. The molecule has 0 aliphatic heterocycles. The van der Waals surface area contributed by atoms with Gasteiger partial charge in [-0.15, -0.1) is 0 Å². The van der Waals surface area contributed by atoms with E-state index >= 15 is 0 Å². The Balaban J connectivity index is 1.47. The molecule has 4 rings (SSSR count). The van der Waals surface area contributed by atoms with Crippen LogP contribution in [0.3, 0.4) is 0 Å². The summed E-state index contributed by atoms with van der Waals surface area (Å²) in [6.07, 6.45) is -0.904. The normalized spacial score (nSPS) is 12.4. The summed E-state index contributed by atoms with van der Waals surface area (Å²) in [5, 5.41) is 23.5. The average molecular weight is 586 g/mol. The van der Waals surface area contributed by atoms with Gasteiger partial charge in [-0.1, -0.05) is 23.7 Å². The van der Waals surface area contributed by atoms with Gasteiger partial charge in [0.25, 0.3) is 0 Å². The van der Waals surface area contributed by atoms with Gasteiger partial charge in [0, 0.05) is 25.6 Å². The highest BCUT2D eigenvalue weighted by atomic mass is 35.5. The second-order valence-electron chi connectivity index (χ2n) is 9.04. The summed E-state index contributed by atoms with van der Waals surface area (Å²) in [5.41, 5.74) is 1.18. The van der Waals surface area contributed by atoms with E-state index in [0.717, 1.165) is 0 Å². The molecule has 0 spiro atoms. The number of nitrogens with one attached hydrogen (secondary N) is 1. The molecule has 0 saturated carbocycles.